The molecule has 1 amide bonds. The van der Waals surface area contributed by atoms with E-state index in [0.29, 0.717) is 28.6 Å². The third kappa shape index (κ3) is 6.60. The number of furan rings is 1. The van der Waals surface area contributed by atoms with Crippen molar-refractivity contribution in [2.75, 3.05) is 14.2 Å². The summed E-state index contributed by atoms with van der Waals surface area (Å²) in [5.74, 6) is 1.20. The molecule has 3 aromatic rings. The Hall–Kier alpha value is -4.33. The summed E-state index contributed by atoms with van der Waals surface area (Å²) < 4.78 is 20.8. The molecule has 0 saturated carbocycles. The number of esters is 1. The van der Waals surface area contributed by atoms with Crippen LogP contribution in [0.15, 0.2) is 76.5 Å². The number of carbonyl (C=O) groups is 2. The predicted octanol–water partition coefficient (Wildman–Crippen LogP) is 3.61. The molecule has 0 aliphatic rings. The lowest BCUT2D eigenvalue weighted by molar-refractivity contribution is -0.129. The van der Waals surface area contributed by atoms with Crippen LogP contribution in [0.5, 0.6) is 17.2 Å². The first-order valence-corrected chi connectivity index (χ1v) is 9.63. The fraction of sp³-hybridized carbons (Fsp3) is 0.125. The molecule has 0 unspecified atom stereocenters. The highest BCUT2D eigenvalue weighted by Gasteiger charge is 2.08. The molecule has 0 fully saturated rings. The van der Waals surface area contributed by atoms with Crippen LogP contribution in [0.3, 0.4) is 0 Å². The van der Waals surface area contributed by atoms with E-state index in [1.54, 1.807) is 61.7 Å². The van der Waals surface area contributed by atoms with Crippen molar-refractivity contribution >= 4 is 24.2 Å². The van der Waals surface area contributed by atoms with E-state index in [-0.39, 0.29) is 12.3 Å². The molecule has 32 heavy (non-hydrogen) atoms. The number of nitrogens with one attached hydrogen (secondary N) is 1. The van der Waals surface area contributed by atoms with Gasteiger partial charge < -0.3 is 18.6 Å². The van der Waals surface area contributed by atoms with E-state index in [1.807, 2.05) is 0 Å². The summed E-state index contributed by atoms with van der Waals surface area (Å²) in [5.41, 5.74) is 3.88. The number of nitrogens with zero attached hydrogens (tertiary/aromatic N) is 1. The second kappa shape index (κ2) is 11.2. The van der Waals surface area contributed by atoms with Gasteiger partial charge in [0.1, 0.15) is 11.5 Å². The fourth-order valence-corrected chi connectivity index (χ4v) is 2.74. The molecular weight excluding hydrogens is 412 g/mol. The maximum atomic E-state index is 12.2. The van der Waals surface area contributed by atoms with Crippen molar-refractivity contribution in [3.63, 3.8) is 0 Å². The summed E-state index contributed by atoms with van der Waals surface area (Å²) in [7, 11) is 3.08. The van der Waals surface area contributed by atoms with Gasteiger partial charge in [0.2, 0.25) is 5.91 Å². The zero-order valence-corrected chi connectivity index (χ0v) is 17.6. The van der Waals surface area contributed by atoms with E-state index in [1.165, 1.54) is 31.7 Å². The normalized spacial score (nSPS) is 10.9. The monoisotopic (exact) mass is 434 g/mol. The topological polar surface area (TPSA) is 99.4 Å². The summed E-state index contributed by atoms with van der Waals surface area (Å²) in [6.07, 6.45) is 5.88. The highest BCUT2D eigenvalue weighted by Crippen LogP contribution is 2.27. The minimum absolute atomic E-state index is 0.122. The first kappa shape index (κ1) is 22.4. The van der Waals surface area contributed by atoms with Gasteiger partial charge in [-0.2, -0.15) is 5.10 Å². The minimum atomic E-state index is -0.543. The molecule has 0 aliphatic carbocycles. The number of hydrogen-bond acceptors (Lipinski definition) is 7. The molecule has 0 aliphatic heterocycles. The molecule has 164 valence electrons. The van der Waals surface area contributed by atoms with E-state index in [0.717, 1.165) is 5.56 Å². The minimum Gasteiger partial charge on any atom is -0.493 e. The van der Waals surface area contributed by atoms with Crippen LogP contribution in [0.4, 0.5) is 0 Å². The molecule has 1 N–H and O–H groups in total. The lowest BCUT2D eigenvalue weighted by atomic mass is 10.1. The van der Waals surface area contributed by atoms with E-state index in [4.69, 9.17) is 18.6 Å². The number of methoxy groups -OCH3 is 2. The van der Waals surface area contributed by atoms with Crippen LogP contribution in [-0.2, 0) is 16.0 Å². The molecule has 1 heterocycles. The summed E-state index contributed by atoms with van der Waals surface area (Å²) in [6.45, 7) is 0. The molecule has 3 rings (SSSR count). The number of hydrogen-bond donors (Lipinski definition) is 1. The molecule has 0 saturated heterocycles. The van der Waals surface area contributed by atoms with Gasteiger partial charge in [0.15, 0.2) is 11.5 Å². The van der Waals surface area contributed by atoms with Gasteiger partial charge in [-0.1, -0.05) is 18.2 Å². The Labute approximate surface area is 185 Å². The number of ether oxygens (including phenoxy) is 3. The number of hydrazone groups is 1. The Morgan fingerprint density at radius 2 is 1.88 bits per heavy atom. The van der Waals surface area contributed by atoms with Crippen molar-refractivity contribution in [1.82, 2.24) is 5.43 Å². The quantitative estimate of drug-likeness (QED) is 0.182. The second-order valence-electron chi connectivity index (χ2n) is 6.50. The maximum Gasteiger partial charge on any atom is 0.336 e. The standard InChI is InChI=1S/C24H22N2O6/c1-29-21-10-8-17(14-22(21)30-2)15-23(27)26-25-16-18-5-3-6-20(13-18)32-24(28)11-9-19-7-4-12-31-19/h3-14,16H,15H2,1-2H3,(H,26,27)/b11-9-,25-16+. The molecule has 0 atom stereocenters. The van der Waals surface area contributed by atoms with Gasteiger partial charge in [0.05, 0.1) is 33.1 Å². The van der Waals surface area contributed by atoms with Crippen molar-refractivity contribution in [1.29, 1.82) is 0 Å². The lowest BCUT2D eigenvalue weighted by Crippen LogP contribution is -2.19. The number of benzene rings is 2. The average Bonchev–Trinajstić information content (AvgIpc) is 3.31. The first-order valence-electron chi connectivity index (χ1n) is 9.63. The van der Waals surface area contributed by atoms with Gasteiger partial charge >= 0.3 is 5.97 Å². The van der Waals surface area contributed by atoms with Gasteiger partial charge in [0.25, 0.3) is 0 Å². The van der Waals surface area contributed by atoms with Crippen molar-refractivity contribution in [3.05, 3.63) is 83.8 Å². The van der Waals surface area contributed by atoms with E-state index >= 15 is 0 Å². The lowest BCUT2D eigenvalue weighted by Gasteiger charge is -2.09. The van der Waals surface area contributed by atoms with Crippen LogP contribution >= 0.6 is 0 Å². The van der Waals surface area contributed by atoms with Crippen LogP contribution in [0.25, 0.3) is 6.08 Å². The van der Waals surface area contributed by atoms with Gasteiger partial charge in [-0.05, 0) is 53.6 Å². The van der Waals surface area contributed by atoms with Crippen LogP contribution < -0.4 is 19.6 Å². The average molecular weight is 434 g/mol. The van der Waals surface area contributed by atoms with Crippen LogP contribution in [0.2, 0.25) is 0 Å². The largest absolute Gasteiger partial charge is 0.493 e. The summed E-state index contributed by atoms with van der Waals surface area (Å²) in [5, 5.41) is 3.96. The molecule has 1 aromatic heterocycles. The maximum absolute atomic E-state index is 12.2. The second-order valence-corrected chi connectivity index (χ2v) is 6.50. The Bertz CT molecular complexity index is 1120. The molecule has 0 radical (unpaired) electrons. The molecule has 0 spiro atoms. The molecule has 2 aromatic carbocycles. The zero-order chi connectivity index (χ0) is 22.8. The molecule has 8 nitrogen and oxygen atoms in total. The smallest absolute Gasteiger partial charge is 0.336 e. The Morgan fingerprint density at radius 3 is 2.62 bits per heavy atom. The van der Waals surface area contributed by atoms with Crippen LogP contribution in [-0.4, -0.2) is 32.3 Å². The first-order chi connectivity index (χ1) is 15.6. The molecular formula is C24H22N2O6. The van der Waals surface area contributed by atoms with Crippen molar-refractivity contribution in [2.45, 2.75) is 6.42 Å². The molecule has 0 bridgehead atoms. The summed E-state index contributed by atoms with van der Waals surface area (Å²) in [6, 6.07) is 15.4. The highest BCUT2D eigenvalue weighted by molar-refractivity contribution is 5.89. The van der Waals surface area contributed by atoms with Crippen molar-refractivity contribution in [3.8, 4) is 17.2 Å². The third-order valence-corrected chi connectivity index (χ3v) is 4.22. The van der Waals surface area contributed by atoms with Gasteiger partial charge in [-0.15, -0.1) is 0 Å². The molecule has 8 heteroatoms. The number of amides is 1. The Morgan fingerprint density at radius 1 is 1.03 bits per heavy atom. The highest BCUT2D eigenvalue weighted by atomic mass is 16.5. The van der Waals surface area contributed by atoms with Gasteiger partial charge in [-0.3, -0.25) is 4.79 Å². The predicted molar refractivity (Wildman–Crippen MR) is 119 cm³/mol. The van der Waals surface area contributed by atoms with Crippen molar-refractivity contribution < 1.29 is 28.2 Å². The third-order valence-electron chi connectivity index (χ3n) is 4.22. The van der Waals surface area contributed by atoms with Crippen molar-refractivity contribution in [2.24, 2.45) is 5.10 Å². The summed E-state index contributed by atoms with van der Waals surface area (Å²) >= 11 is 0. The van der Waals surface area contributed by atoms with Crippen LogP contribution in [0.1, 0.15) is 16.9 Å². The van der Waals surface area contributed by atoms with E-state index in [9.17, 15) is 9.59 Å². The zero-order valence-electron chi connectivity index (χ0n) is 17.6. The van der Waals surface area contributed by atoms with Gasteiger partial charge in [-0.25, -0.2) is 10.2 Å². The van der Waals surface area contributed by atoms with Crippen LogP contribution in [0, 0.1) is 0 Å². The Kier molecular flexibility index (Phi) is 7.80. The SMILES string of the molecule is COc1ccc(CC(=O)N/N=C/c2cccc(OC(=O)/C=C\c3ccco3)c2)cc1OC. The Balaban J connectivity index is 1.53. The summed E-state index contributed by atoms with van der Waals surface area (Å²) in [4.78, 5) is 24.1. The van der Waals surface area contributed by atoms with E-state index < -0.39 is 5.97 Å². The number of rotatable bonds is 9. The number of carbonyl (C=O) groups excluding carboxylic acids is 2. The fourth-order valence-electron chi connectivity index (χ4n) is 2.74. The van der Waals surface area contributed by atoms with Gasteiger partial charge in [0, 0.05) is 6.08 Å². The van der Waals surface area contributed by atoms with E-state index in [2.05, 4.69) is 10.5 Å².